The largest absolute Gasteiger partial charge is 0.493 e. The lowest BCUT2D eigenvalue weighted by atomic mass is 10.1. The molecule has 2 aromatic heterocycles. The molecule has 3 rings (SSSR count). The first kappa shape index (κ1) is 19.4. The van der Waals surface area contributed by atoms with E-state index in [0.29, 0.717) is 5.76 Å². The number of hydrogen-bond donors (Lipinski definition) is 0. The molecule has 0 aliphatic heterocycles. The standard InChI is InChI=1S/C19H18N2O6S/c1-25-17-8-15(16(21(23)24)9-18(17)26-2)19(22)20(10-13-5-7-28-12-13)11-14-4-3-6-27-14/h3-9,12H,10-11H2,1-2H3. The zero-order valence-corrected chi connectivity index (χ0v) is 16.1. The van der Waals surface area contributed by atoms with Gasteiger partial charge in [0.15, 0.2) is 11.5 Å². The SMILES string of the molecule is COc1cc(C(=O)N(Cc2ccsc2)Cc2ccco2)c([N+](=O)[O-])cc1OC. The number of hydrogen-bond acceptors (Lipinski definition) is 7. The van der Waals surface area contributed by atoms with Crippen molar-refractivity contribution >= 4 is 22.9 Å². The van der Waals surface area contributed by atoms with E-state index in [2.05, 4.69) is 0 Å². The van der Waals surface area contributed by atoms with Crippen molar-refractivity contribution in [3.8, 4) is 11.5 Å². The van der Waals surface area contributed by atoms with Crippen molar-refractivity contribution in [3.63, 3.8) is 0 Å². The number of nitro benzene ring substituents is 1. The Bertz CT molecular complexity index is 917. The number of thiophene rings is 1. The summed E-state index contributed by atoms with van der Waals surface area (Å²) < 4.78 is 15.7. The molecular weight excluding hydrogens is 384 g/mol. The van der Waals surface area contributed by atoms with E-state index in [0.717, 1.165) is 5.56 Å². The maximum atomic E-state index is 13.3. The normalized spacial score (nSPS) is 10.5. The van der Waals surface area contributed by atoms with Crippen LogP contribution in [0, 0.1) is 10.1 Å². The molecule has 9 heteroatoms. The van der Waals surface area contributed by atoms with Gasteiger partial charge in [0.2, 0.25) is 0 Å². The number of carbonyl (C=O) groups excluding carboxylic acids is 1. The van der Waals surface area contributed by atoms with Crippen LogP contribution < -0.4 is 9.47 Å². The van der Waals surface area contributed by atoms with Crippen LogP contribution >= 0.6 is 11.3 Å². The highest BCUT2D eigenvalue weighted by Gasteiger charge is 2.28. The molecule has 0 unspecified atom stereocenters. The molecule has 0 bridgehead atoms. The lowest BCUT2D eigenvalue weighted by Crippen LogP contribution is -2.30. The third kappa shape index (κ3) is 4.15. The van der Waals surface area contributed by atoms with Gasteiger partial charge in [-0.3, -0.25) is 14.9 Å². The van der Waals surface area contributed by atoms with Crippen molar-refractivity contribution in [2.75, 3.05) is 14.2 Å². The molecular formula is C19H18N2O6S. The number of ether oxygens (including phenoxy) is 2. The van der Waals surface area contributed by atoms with Gasteiger partial charge < -0.3 is 18.8 Å². The quantitative estimate of drug-likeness (QED) is 0.416. The van der Waals surface area contributed by atoms with Crippen LogP contribution in [-0.2, 0) is 13.1 Å². The summed E-state index contributed by atoms with van der Waals surface area (Å²) in [6.45, 7) is 0.460. The number of methoxy groups -OCH3 is 2. The van der Waals surface area contributed by atoms with Crippen molar-refractivity contribution < 1.29 is 23.6 Å². The minimum absolute atomic E-state index is 0.0792. The van der Waals surface area contributed by atoms with Gasteiger partial charge in [0.1, 0.15) is 11.3 Å². The van der Waals surface area contributed by atoms with Crippen LogP contribution in [-0.4, -0.2) is 29.9 Å². The monoisotopic (exact) mass is 402 g/mol. The van der Waals surface area contributed by atoms with Crippen LogP contribution in [0.1, 0.15) is 21.7 Å². The number of rotatable bonds is 8. The Labute approximate surface area is 165 Å². The smallest absolute Gasteiger partial charge is 0.286 e. The van der Waals surface area contributed by atoms with E-state index in [1.54, 1.807) is 12.1 Å². The number of amides is 1. The Balaban J connectivity index is 2.02. The van der Waals surface area contributed by atoms with E-state index < -0.39 is 10.8 Å². The average Bonchev–Trinajstić information content (AvgIpc) is 3.39. The molecule has 0 aliphatic carbocycles. The molecule has 0 fully saturated rings. The molecule has 146 valence electrons. The summed E-state index contributed by atoms with van der Waals surface area (Å²) in [6.07, 6.45) is 1.52. The van der Waals surface area contributed by atoms with Gasteiger partial charge in [-0.15, -0.1) is 0 Å². The predicted molar refractivity (Wildman–Crippen MR) is 103 cm³/mol. The third-order valence-corrected chi connectivity index (χ3v) is 4.83. The Morgan fingerprint density at radius 3 is 2.54 bits per heavy atom. The summed E-state index contributed by atoms with van der Waals surface area (Å²) in [7, 11) is 2.78. The van der Waals surface area contributed by atoms with Gasteiger partial charge in [-0.2, -0.15) is 11.3 Å². The average molecular weight is 402 g/mol. The fraction of sp³-hybridized carbons (Fsp3) is 0.211. The van der Waals surface area contributed by atoms with E-state index in [1.807, 2.05) is 16.8 Å². The second-order valence-electron chi connectivity index (χ2n) is 5.85. The highest BCUT2D eigenvalue weighted by molar-refractivity contribution is 7.07. The molecule has 2 heterocycles. The second kappa shape index (κ2) is 8.57. The minimum Gasteiger partial charge on any atom is -0.493 e. The van der Waals surface area contributed by atoms with Gasteiger partial charge in [-0.05, 0) is 34.5 Å². The predicted octanol–water partition coefficient (Wildman–Crippen LogP) is 4.11. The van der Waals surface area contributed by atoms with E-state index in [-0.39, 0.29) is 35.8 Å². The Morgan fingerprint density at radius 2 is 1.96 bits per heavy atom. The Kier molecular flexibility index (Phi) is 5.95. The van der Waals surface area contributed by atoms with Crippen molar-refractivity contribution in [2.24, 2.45) is 0 Å². The molecule has 0 spiro atoms. The van der Waals surface area contributed by atoms with Crippen molar-refractivity contribution in [3.05, 3.63) is 74.4 Å². The number of benzene rings is 1. The molecule has 0 saturated carbocycles. The molecule has 28 heavy (non-hydrogen) atoms. The molecule has 0 aliphatic rings. The van der Waals surface area contributed by atoms with E-state index in [9.17, 15) is 14.9 Å². The topological polar surface area (TPSA) is 95.0 Å². The van der Waals surface area contributed by atoms with Crippen molar-refractivity contribution in [1.82, 2.24) is 4.90 Å². The van der Waals surface area contributed by atoms with Gasteiger partial charge >= 0.3 is 0 Å². The third-order valence-electron chi connectivity index (χ3n) is 4.10. The maximum absolute atomic E-state index is 13.3. The number of nitro groups is 1. The zero-order chi connectivity index (χ0) is 20.1. The second-order valence-corrected chi connectivity index (χ2v) is 6.63. The molecule has 1 aromatic carbocycles. The molecule has 0 saturated heterocycles. The van der Waals surface area contributed by atoms with E-state index in [1.165, 1.54) is 48.9 Å². The van der Waals surface area contributed by atoms with Gasteiger partial charge in [-0.25, -0.2) is 0 Å². The number of furan rings is 1. The summed E-state index contributed by atoms with van der Waals surface area (Å²) >= 11 is 1.51. The summed E-state index contributed by atoms with van der Waals surface area (Å²) in [5.74, 6) is 0.494. The summed E-state index contributed by atoms with van der Waals surface area (Å²) in [5.41, 5.74) is 0.495. The van der Waals surface area contributed by atoms with Crippen LogP contribution in [0.2, 0.25) is 0 Å². The summed E-state index contributed by atoms with van der Waals surface area (Å²) in [5, 5.41) is 15.4. The highest BCUT2D eigenvalue weighted by Crippen LogP contribution is 2.35. The molecule has 0 radical (unpaired) electrons. The van der Waals surface area contributed by atoms with Crippen LogP contribution in [0.15, 0.2) is 51.8 Å². The fourth-order valence-corrected chi connectivity index (χ4v) is 3.41. The van der Waals surface area contributed by atoms with Crippen LogP contribution in [0.3, 0.4) is 0 Å². The minimum atomic E-state index is -0.606. The fourth-order valence-electron chi connectivity index (χ4n) is 2.75. The van der Waals surface area contributed by atoms with Gasteiger partial charge in [0, 0.05) is 12.6 Å². The van der Waals surface area contributed by atoms with Crippen molar-refractivity contribution in [2.45, 2.75) is 13.1 Å². The van der Waals surface area contributed by atoms with Gasteiger partial charge in [-0.1, -0.05) is 0 Å². The summed E-state index contributed by atoms with van der Waals surface area (Å²) in [4.78, 5) is 25.7. The summed E-state index contributed by atoms with van der Waals surface area (Å²) in [6, 6.07) is 7.90. The first-order chi connectivity index (χ1) is 13.5. The lowest BCUT2D eigenvalue weighted by Gasteiger charge is -2.22. The highest BCUT2D eigenvalue weighted by atomic mass is 32.1. The molecule has 0 atom stereocenters. The van der Waals surface area contributed by atoms with Crippen LogP contribution in [0.25, 0.3) is 0 Å². The van der Waals surface area contributed by atoms with Crippen molar-refractivity contribution in [1.29, 1.82) is 0 Å². The maximum Gasteiger partial charge on any atom is 0.286 e. The van der Waals surface area contributed by atoms with Gasteiger partial charge in [0.25, 0.3) is 11.6 Å². The van der Waals surface area contributed by atoms with Gasteiger partial charge in [0.05, 0.1) is 38.0 Å². The number of nitrogens with zero attached hydrogens (tertiary/aromatic N) is 2. The lowest BCUT2D eigenvalue weighted by molar-refractivity contribution is -0.385. The van der Waals surface area contributed by atoms with Crippen LogP contribution in [0.4, 0.5) is 5.69 Å². The first-order valence-corrected chi connectivity index (χ1v) is 9.21. The van der Waals surface area contributed by atoms with E-state index >= 15 is 0 Å². The molecule has 0 N–H and O–H groups in total. The molecule has 1 amide bonds. The Morgan fingerprint density at radius 1 is 1.21 bits per heavy atom. The first-order valence-electron chi connectivity index (χ1n) is 8.26. The Hall–Kier alpha value is -3.33. The molecule has 8 nitrogen and oxygen atoms in total. The van der Waals surface area contributed by atoms with Crippen LogP contribution in [0.5, 0.6) is 11.5 Å². The molecule has 3 aromatic rings. The zero-order valence-electron chi connectivity index (χ0n) is 15.3. The van der Waals surface area contributed by atoms with E-state index in [4.69, 9.17) is 13.9 Å². The number of carbonyl (C=O) groups is 1.